The molecule has 2 aliphatic rings. The maximum Gasteiger partial charge on any atom is 0.253 e. The number of piperidine rings is 1. The Labute approximate surface area is 201 Å². The predicted molar refractivity (Wildman–Crippen MR) is 130 cm³/mol. The third kappa shape index (κ3) is 5.41. The third-order valence-electron chi connectivity index (χ3n) is 6.87. The van der Waals surface area contributed by atoms with Crippen molar-refractivity contribution in [3.63, 3.8) is 0 Å². The van der Waals surface area contributed by atoms with Gasteiger partial charge in [0.2, 0.25) is 5.91 Å². The summed E-state index contributed by atoms with van der Waals surface area (Å²) in [4.78, 5) is 43.1. The number of amides is 3. The number of benzene rings is 2. The van der Waals surface area contributed by atoms with Crippen molar-refractivity contribution in [1.82, 2.24) is 15.1 Å². The molecule has 0 radical (unpaired) electrons. The van der Waals surface area contributed by atoms with Crippen molar-refractivity contribution in [2.75, 3.05) is 33.3 Å². The van der Waals surface area contributed by atoms with E-state index in [1.165, 1.54) is 0 Å². The Bertz CT molecular complexity index is 1040. The number of likely N-dealkylation sites (tertiary alicyclic amines) is 2. The first-order valence-electron chi connectivity index (χ1n) is 12.1. The summed E-state index contributed by atoms with van der Waals surface area (Å²) in [6, 6.07) is 14.0. The molecule has 3 amide bonds. The van der Waals surface area contributed by atoms with Crippen LogP contribution in [0.4, 0.5) is 0 Å². The van der Waals surface area contributed by atoms with Crippen molar-refractivity contribution < 1.29 is 19.1 Å². The van der Waals surface area contributed by atoms with Crippen LogP contribution in [0.1, 0.15) is 52.0 Å². The summed E-state index contributed by atoms with van der Waals surface area (Å²) < 4.78 is 5.24. The molecule has 1 atom stereocenters. The maximum absolute atomic E-state index is 13.4. The first-order valence-corrected chi connectivity index (χ1v) is 12.1. The second-order valence-corrected chi connectivity index (χ2v) is 9.21. The van der Waals surface area contributed by atoms with Gasteiger partial charge in [0, 0.05) is 37.3 Å². The van der Waals surface area contributed by atoms with E-state index in [2.05, 4.69) is 5.32 Å². The molecule has 7 nitrogen and oxygen atoms in total. The highest BCUT2D eigenvalue weighted by molar-refractivity contribution is 5.98. The lowest BCUT2D eigenvalue weighted by atomic mass is 9.88. The van der Waals surface area contributed by atoms with Gasteiger partial charge in [-0.3, -0.25) is 14.4 Å². The number of methoxy groups -OCH3 is 1. The van der Waals surface area contributed by atoms with E-state index < -0.39 is 6.04 Å². The molecule has 2 aliphatic heterocycles. The molecule has 0 aliphatic carbocycles. The summed E-state index contributed by atoms with van der Waals surface area (Å²) in [5.74, 6) is 0.364. The molecular weight excluding hydrogens is 430 g/mol. The van der Waals surface area contributed by atoms with Crippen LogP contribution < -0.4 is 10.1 Å². The van der Waals surface area contributed by atoms with Crippen molar-refractivity contribution in [1.29, 1.82) is 0 Å². The Balaban J connectivity index is 1.45. The smallest absolute Gasteiger partial charge is 0.253 e. The predicted octanol–water partition coefficient (Wildman–Crippen LogP) is 3.28. The van der Waals surface area contributed by atoms with E-state index in [0.717, 1.165) is 31.5 Å². The maximum atomic E-state index is 13.4. The minimum Gasteiger partial charge on any atom is -0.497 e. The molecule has 2 heterocycles. The van der Waals surface area contributed by atoms with Crippen molar-refractivity contribution in [3.8, 4) is 5.75 Å². The van der Waals surface area contributed by atoms with Gasteiger partial charge >= 0.3 is 0 Å². The highest BCUT2D eigenvalue weighted by Gasteiger charge is 2.37. The summed E-state index contributed by atoms with van der Waals surface area (Å²) in [6.07, 6.45) is 3.32. The number of rotatable bonds is 6. The van der Waals surface area contributed by atoms with E-state index in [0.29, 0.717) is 42.8 Å². The lowest BCUT2D eigenvalue weighted by Gasteiger charge is -2.37. The molecule has 2 saturated heterocycles. The average molecular weight is 464 g/mol. The summed E-state index contributed by atoms with van der Waals surface area (Å²) in [5, 5.41) is 3.05. The van der Waals surface area contributed by atoms with Crippen LogP contribution in [0.15, 0.2) is 48.5 Å². The van der Waals surface area contributed by atoms with E-state index in [1.54, 1.807) is 25.3 Å². The van der Waals surface area contributed by atoms with Crippen molar-refractivity contribution in [2.45, 2.75) is 38.6 Å². The van der Waals surface area contributed by atoms with Crippen LogP contribution >= 0.6 is 0 Å². The quantitative estimate of drug-likeness (QED) is 0.713. The fraction of sp³-hybridized carbons (Fsp3) is 0.444. The number of carbonyl (C=O) groups is 3. The normalized spacial score (nSPS) is 17.4. The Morgan fingerprint density at radius 1 is 0.912 bits per heavy atom. The van der Waals surface area contributed by atoms with Gasteiger partial charge in [-0.25, -0.2) is 0 Å². The van der Waals surface area contributed by atoms with Gasteiger partial charge in [0.1, 0.15) is 11.8 Å². The largest absolute Gasteiger partial charge is 0.497 e. The van der Waals surface area contributed by atoms with E-state index in [1.807, 2.05) is 47.1 Å². The SMILES string of the molecule is COc1cccc(C(=O)N2CCC([C@@H](NC(=O)c3cccc(C)c3)C(=O)N3CCCC3)CC2)c1. The number of aryl methyl sites for hydroxylation is 1. The summed E-state index contributed by atoms with van der Waals surface area (Å²) in [6.45, 7) is 4.51. The monoisotopic (exact) mass is 463 g/mol. The van der Waals surface area contributed by atoms with E-state index in [4.69, 9.17) is 4.74 Å². The topological polar surface area (TPSA) is 79.0 Å². The van der Waals surface area contributed by atoms with E-state index in [9.17, 15) is 14.4 Å². The fourth-order valence-corrected chi connectivity index (χ4v) is 4.90. The first-order chi connectivity index (χ1) is 16.5. The van der Waals surface area contributed by atoms with Gasteiger partial charge in [0.15, 0.2) is 0 Å². The lowest BCUT2D eigenvalue weighted by molar-refractivity contribution is -0.134. The molecule has 2 fully saturated rings. The highest BCUT2D eigenvalue weighted by Crippen LogP contribution is 2.25. The Morgan fingerprint density at radius 3 is 2.26 bits per heavy atom. The summed E-state index contributed by atoms with van der Waals surface area (Å²) in [5.41, 5.74) is 2.15. The van der Waals surface area contributed by atoms with Crippen molar-refractivity contribution in [2.24, 2.45) is 5.92 Å². The second-order valence-electron chi connectivity index (χ2n) is 9.21. The van der Waals surface area contributed by atoms with Gasteiger partial charge < -0.3 is 19.9 Å². The summed E-state index contributed by atoms with van der Waals surface area (Å²) >= 11 is 0. The molecule has 4 rings (SSSR count). The van der Waals surface area contributed by atoms with E-state index >= 15 is 0 Å². The number of carbonyl (C=O) groups excluding carboxylic acids is 3. The fourth-order valence-electron chi connectivity index (χ4n) is 4.90. The minimum atomic E-state index is -0.583. The lowest BCUT2D eigenvalue weighted by Crippen LogP contribution is -2.54. The number of hydrogen-bond donors (Lipinski definition) is 1. The first kappa shape index (κ1) is 23.8. The zero-order valence-corrected chi connectivity index (χ0v) is 20.0. The molecule has 7 heteroatoms. The molecule has 2 aromatic carbocycles. The standard InChI is InChI=1S/C27H33N3O4/c1-19-7-5-8-21(17-19)25(31)28-24(27(33)29-13-3-4-14-29)20-11-15-30(16-12-20)26(32)22-9-6-10-23(18-22)34-2/h5-10,17-18,20,24H,3-4,11-16H2,1-2H3,(H,28,31)/t24-/m1/s1. The van der Waals surface area contributed by atoms with Crippen LogP contribution in [0.3, 0.4) is 0 Å². The number of nitrogens with zero attached hydrogens (tertiary/aromatic N) is 2. The third-order valence-corrected chi connectivity index (χ3v) is 6.87. The summed E-state index contributed by atoms with van der Waals surface area (Å²) in [7, 11) is 1.58. The zero-order chi connectivity index (χ0) is 24.1. The molecule has 0 bridgehead atoms. The van der Waals surface area contributed by atoms with Crippen LogP contribution in [-0.2, 0) is 4.79 Å². The Kier molecular flexibility index (Phi) is 7.50. The minimum absolute atomic E-state index is 0.00363. The second kappa shape index (κ2) is 10.7. The van der Waals surface area contributed by atoms with Crippen LogP contribution in [0.25, 0.3) is 0 Å². The molecule has 0 unspecified atom stereocenters. The van der Waals surface area contributed by atoms with Gasteiger partial charge in [0.25, 0.3) is 11.8 Å². The molecule has 34 heavy (non-hydrogen) atoms. The van der Waals surface area contributed by atoms with Gasteiger partial charge in [-0.15, -0.1) is 0 Å². The Hall–Kier alpha value is -3.35. The molecule has 1 N–H and O–H groups in total. The number of hydrogen-bond acceptors (Lipinski definition) is 4. The van der Waals surface area contributed by atoms with Gasteiger partial charge in [-0.05, 0) is 68.9 Å². The molecule has 180 valence electrons. The van der Waals surface area contributed by atoms with Gasteiger partial charge in [-0.2, -0.15) is 0 Å². The van der Waals surface area contributed by atoms with Crippen LogP contribution in [-0.4, -0.2) is 66.9 Å². The Morgan fingerprint density at radius 2 is 1.59 bits per heavy atom. The molecular formula is C27H33N3O4. The molecule has 0 saturated carbocycles. The van der Waals surface area contributed by atoms with Gasteiger partial charge in [0.05, 0.1) is 7.11 Å². The van der Waals surface area contributed by atoms with Crippen molar-refractivity contribution in [3.05, 3.63) is 65.2 Å². The molecule has 2 aromatic rings. The van der Waals surface area contributed by atoms with Gasteiger partial charge in [-0.1, -0.05) is 23.8 Å². The highest BCUT2D eigenvalue weighted by atomic mass is 16.5. The van der Waals surface area contributed by atoms with E-state index in [-0.39, 0.29) is 23.6 Å². The average Bonchev–Trinajstić information content (AvgIpc) is 3.42. The van der Waals surface area contributed by atoms with Crippen LogP contribution in [0, 0.1) is 12.8 Å². The molecule has 0 aromatic heterocycles. The van der Waals surface area contributed by atoms with Crippen LogP contribution in [0.5, 0.6) is 5.75 Å². The number of nitrogens with one attached hydrogen (secondary N) is 1. The van der Waals surface area contributed by atoms with Crippen molar-refractivity contribution >= 4 is 17.7 Å². The van der Waals surface area contributed by atoms with Crippen LogP contribution in [0.2, 0.25) is 0 Å². The molecule has 0 spiro atoms. The number of ether oxygens (including phenoxy) is 1. The zero-order valence-electron chi connectivity index (χ0n) is 20.0.